The van der Waals surface area contributed by atoms with Crippen molar-refractivity contribution in [3.63, 3.8) is 0 Å². The molecule has 0 spiro atoms. The van der Waals surface area contributed by atoms with Gasteiger partial charge < -0.3 is 30.5 Å². The molecule has 5 N–H and O–H groups in total. The predicted molar refractivity (Wildman–Crippen MR) is 187 cm³/mol. The first-order chi connectivity index (χ1) is 23.9. The van der Waals surface area contributed by atoms with Crippen molar-refractivity contribution in [1.29, 1.82) is 0 Å². The Kier molecular flexibility index (Phi) is 16.2. The van der Waals surface area contributed by atoms with Crippen LogP contribution in [0.25, 0.3) is 0 Å². The highest BCUT2D eigenvalue weighted by atomic mass is 16.5. The molecule has 1 aliphatic carbocycles. The van der Waals surface area contributed by atoms with Crippen molar-refractivity contribution in [2.24, 2.45) is 11.8 Å². The summed E-state index contributed by atoms with van der Waals surface area (Å²) in [6.45, 7) is 1.96. The fourth-order valence-corrected chi connectivity index (χ4v) is 6.28. The van der Waals surface area contributed by atoms with Crippen molar-refractivity contribution in [1.82, 2.24) is 5.32 Å². The minimum atomic E-state index is -3.03. The highest BCUT2D eigenvalue weighted by Crippen LogP contribution is 2.28. The second-order valence-electron chi connectivity index (χ2n) is 13.4. The lowest BCUT2D eigenvalue weighted by Crippen LogP contribution is -2.55. The number of hydrogen-bond donors (Lipinski definition) is 5. The molecule has 0 bridgehead atoms. The monoisotopic (exact) mass is 693 g/mol. The normalized spacial score (nSPS) is 15.9. The molecule has 11 nitrogen and oxygen atoms in total. The Labute approximate surface area is 293 Å². The number of carboxylic acids is 3. The van der Waals surface area contributed by atoms with E-state index in [2.05, 4.69) is 5.32 Å². The molecule has 1 saturated carbocycles. The van der Waals surface area contributed by atoms with E-state index in [0.29, 0.717) is 54.4 Å². The Balaban J connectivity index is 1.56. The van der Waals surface area contributed by atoms with Crippen LogP contribution >= 0.6 is 0 Å². The van der Waals surface area contributed by atoms with Gasteiger partial charge in [-0.05, 0) is 68.4 Å². The summed E-state index contributed by atoms with van der Waals surface area (Å²) in [6.07, 6.45) is 13.1. The van der Waals surface area contributed by atoms with Crippen molar-refractivity contribution < 1.29 is 49.1 Å². The minimum Gasteiger partial charge on any atom is -0.481 e. The zero-order valence-corrected chi connectivity index (χ0v) is 28.9. The van der Waals surface area contributed by atoms with E-state index in [1.165, 1.54) is 38.2 Å². The summed E-state index contributed by atoms with van der Waals surface area (Å²) in [5.74, 6) is -5.88. The van der Waals surface area contributed by atoms with Gasteiger partial charge in [-0.2, -0.15) is 0 Å². The molecule has 1 fully saturated rings. The summed E-state index contributed by atoms with van der Waals surface area (Å²) >= 11 is 0. The molecule has 0 radical (unpaired) electrons. The summed E-state index contributed by atoms with van der Waals surface area (Å²) in [7, 11) is 0. The van der Waals surface area contributed by atoms with E-state index in [-0.39, 0.29) is 6.42 Å². The summed E-state index contributed by atoms with van der Waals surface area (Å²) in [5, 5.41) is 42.3. The molecular weight excluding hydrogens is 642 g/mol. The van der Waals surface area contributed by atoms with Crippen molar-refractivity contribution in [2.45, 2.75) is 115 Å². The molecule has 2 aromatic rings. The van der Waals surface area contributed by atoms with Crippen LogP contribution in [0.1, 0.15) is 101 Å². The van der Waals surface area contributed by atoms with Gasteiger partial charge in [-0.25, -0.2) is 9.59 Å². The number of ether oxygens (including phenoxy) is 1. The molecule has 0 unspecified atom stereocenters. The third-order valence-corrected chi connectivity index (χ3v) is 9.28. The standard InChI is InChI=1S/C39H51NO10/c1-27-15-21-31(22-16-27)50-32-23-18-29(19-24-32)25-34(37(45)46)40-36(44)33(39(49,38(47)48)26-35(42)43)14-10-5-3-2-4-9-13-30(41)20-17-28-11-7-6-8-12-28/h10,14-16,18-19,21-24,28,33-34,49H,2-9,11-13,17,20,25-26H2,1H3,(H,40,44)(H,42,43)(H,45,46)(H,47,48)/b14-10+/t33-,34-,39-/m0/s1. The van der Waals surface area contributed by atoms with Gasteiger partial charge in [0, 0.05) is 19.3 Å². The number of nitrogens with one attached hydrogen (secondary N) is 1. The van der Waals surface area contributed by atoms with Crippen LogP contribution in [0.15, 0.2) is 60.7 Å². The number of rotatable bonds is 22. The minimum absolute atomic E-state index is 0.171. The topological polar surface area (TPSA) is 188 Å². The lowest BCUT2D eigenvalue weighted by Gasteiger charge is -2.29. The van der Waals surface area contributed by atoms with Crippen molar-refractivity contribution in [3.05, 3.63) is 71.8 Å². The largest absolute Gasteiger partial charge is 0.481 e. The number of aryl methyl sites for hydroxylation is 1. The van der Waals surface area contributed by atoms with Crippen LogP contribution in [0.3, 0.4) is 0 Å². The van der Waals surface area contributed by atoms with E-state index in [4.69, 9.17) is 4.74 Å². The van der Waals surface area contributed by atoms with Crippen LogP contribution in [-0.4, -0.2) is 61.7 Å². The van der Waals surface area contributed by atoms with Gasteiger partial charge in [0.2, 0.25) is 5.91 Å². The number of hydrogen-bond acceptors (Lipinski definition) is 7. The molecule has 0 aromatic heterocycles. The quantitative estimate of drug-likeness (QED) is 0.0661. The molecule has 1 amide bonds. The zero-order valence-electron chi connectivity index (χ0n) is 28.9. The number of ketones is 1. The number of aliphatic hydroxyl groups is 1. The van der Waals surface area contributed by atoms with E-state index in [1.54, 1.807) is 24.3 Å². The molecule has 0 saturated heterocycles. The Morgan fingerprint density at radius 3 is 2.08 bits per heavy atom. The molecule has 3 atom stereocenters. The van der Waals surface area contributed by atoms with Crippen molar-refractivity contribution in [3.8, 4) is 11.5 Å². The van der Waals surface area contributed by atoms with Crippen LogP contribution in [0.5, 0.6) is 11.5 Å². The Bertz CT molecular complexity index is 1450. The first-order valence-corrected chi connectivity index (χ1v) is 17.6. The maximum absolute atomic E-state index is 13.4. The average Bonchev–Trinajstić information content (AvgIpc) is 3.08. The highest BCUT2D eigenvalue weighted by Gasteiger charge is 2.49. The van der Waals surface area contributed by atoms with Crippen LogP contribution in [0, 0.1) is 18.8 Å². The Hall–Kier alpha value is -4.51. The summed E-state index contributed by atoms with van der Waals surface area (Å²) in [4.78, 5) is 61.4. The number of amides is 1. The number of carbonyl (C=O) groups is 5. The number of benzene rings is 2. The van der Waals surface area contributed by atoms with E-state index >= 15 is 0 Å². The zero-order chi connectivity index (χ0) is 36.5. The number of carbonyl (C=O) groups excluding carboxylic acids is 2. The fraction of sp³-hybridized carbons (Fsp3) is 0.513. The highest BCUT2D eigenvalue weighted by molar-refractivity contribution is 5.94. The number of carboxylic acid groups (broad SMARTS) is 3. The van der Waals surface area contributed by atoms with E-state index < -0.39 is 47.8 Å². The maximum Gasteiger partial charge on any atom is 0.337 e. The smallest absolute Gasteiger partial charge is 0.337 e. The number of aliphatic carboxylic acids is 3. The van der Waals surface area contributed by atoms with Gasteiger partial charge in [0.1, 0.15) is 23.3 Å². The van der Waals surface area contributed by atoms with Gasteiger partial charge in [0.25, 0.3) is 0 Å². The third-order valence-electron chi connectivity index (χ3n) is 9.28. The number of unbranched alkanes of at least 4 members (excludes halogenated alkanes) is 4. The second-order valence-corrected chi connectivity index (χ2v) is 13.4. The van der Waals surface area contributed by atoms with Gasteiger partial charge in [0.05, 0.1) is 12.3 Å². The van der Waals surface area contributed by atoms with Crippen molar-refractivity contribution >= 4 is 29.6 Å². The molecule has 272 valence electrons. The van der Waals surface area contributed by atoms with Gasteiger partial charge in [-0.1, -0.05) is 86.9 Å². The van der Waals surface area contributed by atoms with Crippen LogP contribution < -0.4 is 10.1 Å². The SMILES string of the molecule is Cc1ccc(Oc2ccc(C[C@H](NC(=O)[C@H](/C=C/CCCCCCC(=O)CCC3CCCCC3)[C@@](O)(CC(=O)O)C(=O)O)C(=O)O)cc2)cc1. The average molecular weight is 694 g/mol. The van der Waals surface area contributed by atoms with Gasteiger partial charge >= 0.3 is 17.9 Å². The second kappa shape index (κ2) is 20.2. The van der Waals surface area contributed by atoms with Crippen LogP contribution in [0.2, 0.25) is 0 Å². The maximum atomic E-state index is 13.4. The summed E-state index contributed by atoms with van der Waals surface area (Å²) in [6, 6.07) is 12.5. The lowest BCUT2D eigenvalue weighted by molar-refractivity contribution is -0.172. The van der Waals surface area contributed by atoms with Crippen LogP contribution in [-0.2, 0) is 30.4 Å². The summed E-state index contributed by atoms with van der Waals surface area (Å²) in [5.41, 5.74) is -1.42. The molecule has 0 aliphatic heterocycles. The lowest BCUT2D eigenvalue weighted by atomic mass is 9.82. The fourth-order valence-electron chi connectivity index (χ4n) is 6.28. The molecular formula is C39H51NO10. The molecule has 3 rings (SSSR count). The Morgan fingerprint density at radius 2 is 1.48 bits per heavy atom. The number of Topliss-reactive ketones (excluding diaryl/α,β-unsaturated/α-hetero) is 1. The first kappa shape index (κ1) is 39.9. The van der Waals surface area contributed by atoms with Gasteiger partial charge in [-0.15, -0.1) is 0 Å². The number of allylic oxidation sites excluding steroid dienone is 1. The molecule has 11 heteroatoms. The van der Waals surface area contributed by atoms with E-state index in [1.807, 2.05) is 31.2 Å². The molecule has 1 aliphatic rings. The van der Waals surface area contributed by atoms with E-state index in [9.17, 15) is 44.4 Å². The first-order valence-electron chi connectivity index (χ1n) is 17.6. The van der Waals surface area contributed by atoms with Crippen molar-refractivity contribution in [2.75, 3.05) is 0 Å². The van der Waals surface area contributed by atoms with Gasteiger partial charge in [0.15, 0.2) is 5.60 Å². The van der Waals surface area contributed by atoms with Gasteiger partial charge in [-0.3, -0.25) is 14.4 Å². The van der Waals surface area contributed by atoms with Crippen LogP contribution in [0.4, 0.5) is 0 Å². The van der Waals surface area contributed by atoms with E-state index in [0.717, 1.165) is 37.3 Å². The molecule has 0 heterocycles. The molecule has 50 heavy (non-hydrogen) atoms. The molecule has 2 aromatic carbocycles. The summed E-state index contributed by atoms with van der Waals surface area (Å²) < 4.78 is 5.80. The third kappa shape index (κ3) is 13.4. The Morgan fingerprint density at radius 1 is 0.860 bits per heavy atom. The predicted octanol–water partition coefficient (Wildman–Crippen LogP) is 6.63.